The Balaban J connectivity index is 1.95. The molecule has 1 unspecified atom stereocenters. The molecule has 7 heteroatoms. The Morgan fingerprint density at radius 1 is 1.36 bits per heavy atom. The zero-order chi connectivity index (χ0) is 16.3. The third-order valence-electron chi connectivity index (χ3n) is 3.96. The van der Waals surface area contributed by atoms with E-state index < -0.39 is 17.8 Å². The van der Waals surface area contributed by atoms with Gasteiger partial charge < -0.3 is 10.0 Å². The summed E-state index contributed by atoms with van der Waals surface area (Å²) in [6.07, 6.45) is -3.73. The minimum atomic E-state index is -4.33. The Morgan fingerprint density at radius 2 is 2.00 bits per heavy atom. The fourth-order valence-corrected chi connectivity index (χ4v) is 3.86. The average Bonchev–Trinajstić information content (AvgIpc) is 2.46. The molecule has 22 heavy (non-hydrogen) atoms. The van der Waals surface area contributed by atoms with E-state index in [0.29, 0.717) is 23.9 Å². The molecule has 1 aliphatic heterocycles. The predicted octanol–water partition coefficient (Wildman–Crippen LogP) is 4.58. The van der Waals surface area contributed by atoms with Crippen LogP contribution in [0.4, 0.5) is 18.0 Å². The lowest BCUT2D eigenvalue weighted by Crippen LogP contribution is -2.39. The van der Waals surface area contributed by atoms with E-state index in [2.05, 4.69) is 0 Å². The largest absolute Gasteiger partial charge is 0.465 e. The molecule has 0 radical (unpaired) electrons. The van der Waals surface area contributed by atoms with Gasteiger partial charge in [-0.05, 0) is 37.0 Å². The number of carbonyl (C=O) groups is 1. The first-order valence-electron chi connectivity index (χ1n) is 7.09. The van der Waals surface area contributed by atoms with E-state index in [1.165, 1.54) is 28.8 Å². The highest BCUT2D eigenvalue weighted by molar-refractivity contribution is 8.00. The van der Waals surface area contributed by atoms with Gasteiger partial charge in [0.1, 0.15) is 0 Å². The summed E-state index contributed by atoms with van der Waals surface area (Å²) < 4.78 is 38.1. The van der Waals surface area contributed by atoms with Crippen LogP contribution in [-0.4, -0.2) is 34.4 Å². The van der Waals surface area contributed by atoms with Gasteiger partial charge >= 0.3 is 12.3 Å². The maximum absolute atomic E-state index is 12.7. The van der Waals surface area contributed by atoms with Crippen molar-refractivity contribution in [1.29, 1.82) is 0 Å². The smallest absolute Gasteiger partial charge is 0.416 e. The lowest BCUT2D eigenvalue weighted by atomic mass is 9.94. The van der Waals surface area contributed by atoms with Gasteiger partial charge in [-0.2, -0.15) is 13.2 Å². The highest BCUT2D eigenvalue weighted by Crippen LogP contribution is 2.36. The molecule has 1 atom stereocenters. The van der Waals surface area contributed by atoms with Gasteiger partial charge in [0.25, 0.3) is 0 Å². The summed E-state index contributed by atoms with van der Waals surface area (Å²) in [5.41, 5.74) is -0.634. The number of carboxylic acid groups (broad SMARTS) is 1. The first-order valence-corrected chi connectivity index (χ1v) is 7.97. The molecule has 1 fully saturated rings. The Kier molecular flexibility index (Phi) is 5.26. The molecule has 122 valence electrons. The third-order valence-corrected chi connectivity index (χ3v) is 5.24. The zero-order valence-corrected chi connectivity index (χ0v) is 13.0. The molecule has 0 spiro atoms. The van der Waals surface area contributed by atoms with Crippen LogP contribution >= 0.6 is 11.8 Å². The van der Waals surface area contributed by atoms with Crippen LogP contribution in [0.25, 0.3) is 0 Å². The number of halogens is 3. The number of benzene rings is 1. The third kappa shape index (κ3) is 4.32. The summed E-state index contributed by atoms with van der Waals surface area (Å²) in [5.74, 6) is 0.315. The normalized spacial score (nSPS) is 18.3. The Bertz CT molecular complexity index is 528. The monoisotopic (exact) mass is 333 g/mol. The number of rotatable bonds is 3. The lowest BCUT2D eigenvalue weighted by Gasteiger charge is -2.33. The molecule has 0 bridgehead atoms. The fraction of sp³-hybridized carbons (Fsp3) is 0.533. The van der Waals surface area contributed by atoms with Gasteiger partial charge in [-0.25, -0.2) is 4.79 Å². The fourth-order valence-electron chi connectivity index (χ4n) is 2.62. The minimum absolute atomic E-state index is 0.152. The first kappa shape index (κ1) is 17.0. The van der Waals surface area contributed by atoms with Gasteiger partial charge in [-0.3, -0.25) is 0 Å². The highest BCUT2D eigenvalue weighted by Gasteiger charge is 2.31. The van der Waals surface area contributed by atoms with Crippen molar-refractivity contribution in [2.24, 2.45) is 5.92 Å². The van der Waals surface area contributed by atoms with Crippen LogP contribution in [0.5, 0.6) is 0 Å². The van der Waals surface area contributed by atoms with Crippen molar-refractivity contribution in [3.8, 4) is 0 Å². The topological polar surface area (TPSA) is 40.5 Å². The van der Waals surface area contributed by atoms with Crippen molar-refractivity contribution in [2.45, 2.75) is 36.1 Å². The molecular weight excluding hydrogens is 315 g/mol. The molecule has 1 amide bonds. The second-order valence-corrected chi connectivity index (χ2v) is 6.91. The number of hydrogen-bond acceptors (Lipinski definition) is 2. The number of hydrogen-bond donors (Lipinski definition) is 1. The molecule has 1 heterocycles. The van der Waals surface area contributed by atoms with E-state index in [4.69, 9.17) is 5.11 Å². The molecule has 1 aliphatic rings. The van der Waals surface area contributed by atoms with Crippen LogP contribution in [0.3, 0.4) is 0 Å². The summed E-state index contributed by atoms with van der Waals surface area (Å²) in [7, 11) is 0. The minimum Gasteiger partial charge on any atom is -0.465 e. The van der Waals surface area contributed by atoms with Gasteiger partial charge in [-0.15, -0.1) is 11.8 Å². The van der Waals surface area contributed by atoms with Crippen molar-refractivity contribution in [3.05, 3.63) is 29.8 Å². The van der Waals surface area contributed by atoms with Crippen molar-refractivity contribution in [3.63, 3.8) is 0 Å². The summed E-state index contributed by atoms with van der Waals surface area (Å²) in [6, 6.07) is 5.35. The van der Waals surface area contributed by atoms with Gasteiger partial charge in [0.05, 0.1) is 5.56 Å². The second kappa shape index (κ2) is 6.81. The summed E-state index contributed by atoms with van der Waals surface area (Å²) in [5, 5.41) is 9.07. The number of piperidine rings is 1. The SMILES string of the molecule is CC(Sc1cccc(C(F)(F)F)c1)C1CCN(C(=O)O)CC1. The quantitative estimate of drug-likeness (QED) is 0.823. The molecule has 1 aromatic rings. The van der Waals surface area contributed by atoms with Gasteiger partial charge in [-0.1, -0.05) is 13.0 Å². The molecule has 0 aliphatic carbocycles. The molecule has 1 saturated heterocycles. The first-order chi connectivity index (χ1) is 10.3. The van der Waals surface area contributed by atoms with Gasteiger partial charge in [0.15, 0.2) is 0 Å². The van der Waals surface area contributed by atoms with E-state index in [0.717, 1.165) is 18.9 Å². The maximum Gasteiger partial charge on any atom is 0.416 e. The average molecular weight is 333 g/mol. The van der Waals surface area contributed by atoms with Crippen LogP contribution in [-0.2, 0) is 6.18 Å². The number of alkyl halides is 3. The standard InChI is InChI=1S/C15H18F3NO2S/c1-10(11-5-7-19(8-6-11)14(20)21)22-13-4-2-3-12(9-13)15(16,17)18/h2-4,9-11H,5-8H2,1H3,(H,20,21). The summed E-state index contributed by atoms with van der Waals surface area (Å²) in [6.45, 7) is 2.98. The summed E-state index contributed by atoms with van der Waals surface area (Å²) >= 11 is 1.42. The highest BCUT2D eigenvalue weighted by atomic mass is 32.2. The number of amides is 1. The molecule has 3 nitrogen and oxygen atoms in total. The van der Waals surface area contributed by atoms with Crippen molar-refractivity contribution >= 4 is 17.9 Å². The Hall–Kier alpha value is -1.37. The summed E-state index contributed by atoms with van der Waals surface area (Å²) in [4.78, 5) is 12.9. The molecule has 1 aromatic carbocycles. The van der Waals surface area contributed by atoms with Crippen LogP contribution < -0.4 is 0 Å². The number of likely N-dealkylation sites (tertiary alicyclic amines) is 1. The van der Waals surface area contributed by atoms with Gasteiger partial charge in [0, 0.05) is 23.2 Å². The predicted molar refractivity (Wildman–Crippen MR) is 79.1 cm³/mol. The Morgan fingerprint density at radius 3 is 2.55 bits per heavy atom. The number of nitrogens with zero attached hydrogens (tertiary/aromatic N) is 1. The molecule has 0 saturated carbocycles. The Labute approximate surface area is 131 Å². The lowest BCUT2D eigenvalue weighted by molar-refractivity contribution is -0.137. The molecular formula is C15H18F3NO2S. The molecule has 2 rings (SSSR count). The zero-order valence-electron chi connectivity index (χ0n) is 12.1. The second-order valence-electron chi connectivity index (χ2n) is 5.46. The van der Waals surface area contributed by atoms with E-state index in [9.17, 15) is 18.0 Å². The van der Waals surface area contributed by atoms with Crippen molar-refractivity contribution in [2.75, 3.05) is 13.1 Å². The van der Waals surface area contributed by atoms with Crippen LogP contribution in [0.1, 0.15) is 25.3 Å². The van der Waals surface area contributed by atoms with E-state index >= 15 is 0 Å². The van der Waals surface area contributed by atoms with Crippen LogP contribution in [0.15, 0.2) is 29.2 Å². The molecule has 1 N–H and O–H groups in total. The van der Waals surface area contributed by atoms with Gasteiger partial charge in [0.2, 0.25) is 0 Å². The van der Waals surface area contributed by atoms with E-state index in [1.807, 2.05) is 6.92 Å². The van der Waals surface area contributed by atoms with Crippen molar-refractivity contribution < 1.29 is 23.1 Å². The number of thioether (sulfide) groups is 1. The maximum atomic E-state index is 12.7. The van der Waals surface area contributed by atoms with Crippen LogP contribution in [0.2, 0.25) is 0 Å². The van der Waals surface area contributed by atoms with E-state index in [-0.39, 0.29) is 5.25 Å². The van der Waals surface area contributed by atoms with Crippen molar-refractivity contribution in [1.82, 2.24) is 4.90 Å². The van der Waals surface area contributed by atoms with Crippen LogP contribution in [0, 0.1) is 5.92 Å². The van der Waals surface area contributed by atoms with E-state index in [1.54, 1.807) is 6.07 Å². The molecule has 0 aromatic heterocycles.